The average Bonchev–Trinajstić information content (AvgIpc) is 2.99. The van der Waals surface area contributed by atoms with Crippen molar-refractivity contribution < 1.29 is 28.8 Å². The Morgan fingerprint density at radius 1 is 0.955 bits per heavy atom. The number of aliphatic hydroxyl groups excluding tert-OH is 1. The average molecular weight is 308 g/mol. The molecule has 0 spiro atoms. The molecule has 3 aliphatic rings. The maximum Gasteiger partial charge on any atom is 0.190 e. The SMILES string of the molecule is CC1(C)O[C@H]2O[C@H]3[C@@H](OC(c4ccccc4)O[C@@H]3CO)[C@@H]2O1. The lowest BCUT2D eigenvalue weighted by molar-refractivity contribution is -0.313. The van der Waals surface area contributed by atoms with Gasteiger partial charge in [0, 0.05) is 5.56 Å². The summed E-state index contributed by atoms with van der Waals surface area (Å²) < 4.78 is 29.4. The Labute approximate surface area is 128 Å². The molecule has 3 saturated heterocycles. The summed E-state index contributed by atoms with van der Waals surface area (Å²) in [5.74, 6) is -0.696. The van der Waals surface area contributed by atoms with E-state index in [4.69, 9.17) is 23.7 Å². The Morgan fingerprint density at radius 3 is 2.45 bits per heavy atom. The summed E-state index contributed by atoms with van der Waals surface area (Å²) in [6.45, 7) is 3.55. The molecule has 3 aliphatic heterocycles. The van der Waals surface area contributed by atoms with Crippen molar-refractivity contribution in [2.75, 3.05) is 6.61 Å². The van der Waals surface area contributed by atoms with E-state index < -0.39 is 30.6 Å². The standard InChI is InChI=1S/C16H20O6/c1-16(2)21-13-12-11(19-15(13)22-16)10(8-17)18-14(20-12)9-6-4-3-5-7-9/h3-7,10-15,17H,8H2,1-2H3/t10-,11-,12-,13+,14?,15-/m1/s1. The van der Waals surface area contributed by atoms with Crippen molar-refractivity contribution in [3.8, 4) is 0 Å². The van der Waals surface area contributed by atoms with Crippen LogP contribution in [0.3, 0.4) is 0 Å². The summed E-state index contributed by atoms with van der Waals surface area (Å²) in [6, 6.07) is 9.65. The van der Waals surface area contributed by atoms with E-state index in [1.54, 1.807) is 0 Å². The van der Waals surface area contributed by atoms with Crippen LogP contribution in [0.1, 0.15) is 25.7 Å². The predicted molar refractivity (Wildman–Crippen MR) is 74.7 cm³/mol. The zero-order valence-electron chi connectivity index (χ0n) is 12.5. The Bertz CT molecular complexity index is 533. The normalized spacial score (nSPS) is 42.9. The van der Waals surface area contributed by atoms with Crippen LogP contribution in [-0.2, 0) is 23.7 Å². The monoisotopic (exact) mass is 308 g/mol. The highest BCUT2D eigenvalue weighted by Gasteiger charge is 2.59. The van der Waals surface area contributed by atoms with E-state index in [1.165, 1.54) is 0 Å². The van der Waals surface area contributed by atoms with E-state index in [0.717, 1.165) is 5.56 Å². The number of aliphatic hydroxyl groups is 1. The van der Waals surface area contributed by atoms with Gasteiger partial charge in [-0.1, -0.05) is 30.3 Å². The van der Waals surface area contributed by atoms with Crippen molar-refractivity contribution >= 4 is 0 Å². The summed E-state index contributed by atoms with van der Waals surface area (Å²) in [7, 11) is 0. The predicted octanol–water partition coefficient (Wildman–Crippen LogP) is 1.34. The van der Waals surface area contributed by atoms with Crippen LogP contribution in [-0.4, -0.2) is 48.2 Å². The lowest BCUT2D eigenvalue weighted by Gasteiger charge is -2.39. The molecule has 22 heavy (non-hydrogen) atoms. The van der Waals surface area contributed by atoms with E-state index in [-0.39, 0.29) is 18.8 Å². The molecule has 3 fully saturated rings. The van der Waals surface area contributed by atoms with Gasteiger partial charge in [0.05, 0.1) is 6.61 Å². The molecule has 6 nitrogen and oxygen atoms in total. The molecule has 0 amide bonds. The molecule has 120 valence electrons. The molecule has 6 atom stereocenters. The Morgan fingerprint density at radius 2 is 1.73 bits per heavy atom. The van der Waals surface area contributed by atoms with E-state index in [0.29, 0.717) is 0 Å². The Balaban J connectivity index is 1.59. The second kappa shape index (κ2) is 5.26. The first-order valence-corrected chi connectivity index (χ1v) is 7.55. The molecule has 1 unspecified atom stereocenters. The van der Waals surface area contributed by atoms with Crippen molar-refractivity contribution in [2.45, 2.75) is 56.6 Å². The van der Waals surface area contributed by atoms with Crippen LogP contribution in [0.25, 0.3) is 0 Å². The molecule has 1 N–H and O–H groups in total. The summed E-state index contributed by atoms with van der Waals surface area (Å²) in [4.78, 5) is 0. The Kier molecular flexibility index (Phi) is 3.48. The Hall–Kier alpha value is -1.02. The third-order valence-corrected chi connectivity index (χ3v) is 4.22. The van der Waals surface area contributed by atoms with Crippen molar-refractivity contribution in [3.05, 3.63) is 35.9 Å². The molecule has 6 heteroatoms. The molecule has 1 aromatic rings. The van der Waals surface area contributed by atoms with Gasteiger partial charge in [0.25, 0.3) is 0 Å². The van der Waals surface area contributed by atoms with Crippen LogP contribution in [0.15, 0.2) is 30.3 Å². The zero-order valence-corrected chi connectivity index (χ0v) is 12.5. The highest BCUT2D eigenvalue weighted by molar-refractivity contribution is 5.17. The van der Waals surface area contributed by atoms with Gasteiger partial charge in [-0.2, -0.15) is 0 Å². The van der Waals surface area contributed by atoms with Gasteiger partial charge in [-0.15, -0.1) is 0 Å². The van der Waals surface area contributed by atoms with Crippen LogP contribution in [0.4, 0.5) is 0 Å². The van der Waals surface area contributed by atoms with Gasteiger partial charge >= 0.3 is 0 Å². The van der Waals surface area contributed by atoms with E-state index in [2.05, 4.69) is 0 Å². The molecule has 0 aliphatic carbocycles. The van der Waals surface area contributed by atoms with E-state index >= 15 is 0 Å². The molecular weight excluding hydrogens is 288 g/mol. The smallest absolute Gasteiger partial charge is 0.190 e. The van der Waals surface area contributed by atoms with Gasteiger partial charge < -0.3 is 28.8 Å². The second-order valence-corrected chi connectivity index (χ2v) is 6.27. The van der Waals surface area contributed by atoms with E-state index in [9.17, 15) is 5.11 Å². The summed E-state index contributed by atoms with van der Waals surface area (Å²) in [5, 5.41) is 9.63. The van der Waals surface area contributed by atoms with Crippen LogP contribution in [0.5, 0.6) is 0 Å². The van der Waals surface area contributed by atoms with Gasteiger partial charge in [0.15, 0.2) is 18.4 Å². The topological polar surface area (TPSA) is 66.4 Å². The first kappa shape index (κ1) is 14.6. The maximum absolute atomic E-state index is 9.63. The number of ether oxygens (including phenoxy) is 5. The van der Waals surface area contributed by atoms with Crippen molar-refractivity contribution in [2.24, 2.45) is 0 Å². The lowest BCUT2D eigenvalue weighted by Crippen LogP contribution is -2.50. The summed E-state index contributed by atoms with van der Waals surface area (Å²) in [5.41, 5.74) is 0.904. The first-order chi connectivity index (χ1) is 10.6. The molecule has 0 aromatic heterocycles. The van der Waals surface area contributed by atoms with E-state index in [1.807, 2.05) is 44.2 Å². The first-order valence-electron chi connectivity index (χ1n) is 7.55. The van der Waals surface area contributed by atoms with Gasteiger partial charge in [0.2, 0.25) is 0 Å². The minimum absolute atomic E-state index is 0.142. The van der Waals surface area contributed by atoms with Crippen molar-refractivity contribution in [3.63, 3.8) is 0 Å². The maximum atomic E-state index is 9.63. The summed E-state index contributed by atoms with van der Waals surface area (Å²) in [6.07, 6.45) is -2.54. The fourth-order valence-electron chi connectivity index (χ4n) is 3.28. The molecule has 0 saturated carbocycles. The summed E-state index contributed by atoms with van der Waals surface area (Å²) >= 11 is 0. The fraction of sp³-hybridized carbons (Fsp3) is 0.625. The minimum atomic E-state index is -0.696. The third kappa shape index (κ3) is 2.36. The lowest BCUT2D eigenvalue weighted by atomic mass is 10.0. The number of hydrogen-bond acceptors (Lipinski definition) is 6. The van der Waals surface area contributed by atoms with Crippen LogP contribution < -0.4 is 0 Å². The van der Waals surface area contributed by atoms with Gasteiger partial charge in [0.1, 0.15) is 24.4 Å². The molecular formula is C16H20O6. The van der Waals surface area contributed by atoms with Gasteiger partial charge in [-0.3, -0.25) is 0 Å². The molecule has 0 bridgehead atoms. The fourth-order valence-corrected chi connectivity index (χ4v) is 3.28. The highest BCUT2D eigenvalue weighted by atomic mass is 16.9. The number of hydrogen-bond donors (Lipinski definition) is 1. The van der Waals surface area contributed by atoms with Gasteiger partial charge in [-0.05, 0) is 13.8 Å². The van der Waals surface area contributed by atoms with Crippen LogP contribution in [0, 0.1) is 0 Å². The van der Waals surface area contributed by atoms with Crippen molar-refractivity contribution in [1.29, 1.82) is 0 Å². The van der Waals surface area contributed by atoms with Crippen LogP contribution in [0.2, 0.25) is 0 Å². The number of benzene rings is 1. The zero-order chi connectivity index (χ0) is 15.3. The molecule has 3 heterocycles. The highest BCUT2D eigenvalue weighted by Crippen LogP contribution is 2.44. The second-order valence-electron chi connectivity index (χ2n) is 6.27. The van der Waals surface area contributed by atoms with Gasteiger partial charge in [-0.25, -0.2) is 0 Å². The molecule has 0 radical (unpaired) electrons. The largest absolute Gasteiger partial charge is 0.394 e. The third-order valence-electron chi connectivity index (χ3n) is 4.22. The number of rotatable bonds is 2. The van der Waals surface area contributed by atoms with Crippen molar-refractivity contribution in [1.82, 2.24) is 0 Å². The number of fused-ring (bicyclic) bond motifs is 3. The molecule has 1 aromatic carbocycles. The quantitative estimate of drug-likeness (QED) is 0.889. The minimum Gasteiger partial charge on any atom is -0.394 e. The van der Waals surface area contributed by atoms with Crippen LogP contribution >= 0.6 is 0 Å². The molecule has 4 rings (SSSR count).